The minimum absolute atomic E-state index is 0. The van der Waals surface area contributed by atoms with Crippen LogP contribution in [0, 0.1) is 0 Å². The van der Waals surface area contributed by atoms with Crippen molar-refractivity contribution in [2.24, 2.45) is 0 Å². The number of esters is 1. The summed E-state index contributed by atoms with van der Waals surface area (Å²) < 4.78 is 4.76. The van der Waals surface area contributed by atoms with Gasteiger partial charge >= 0.3 is 5.97 Å². The second-order valence-corrected chi connectivity index (χ2v) is 2.88. The van der Waals surface area contributed by atoms with Crippen LogP contribution in [0.3, 0.4) is 0 Å². The first-order valence-electron chi connectivity index (χ1n) is 3.25. The Morgan fingerprint density at radius 3 is 2.83 bits per heavy atom. The summed E-state index contributed by atoms with van der Waals surface area (Å²) in [6, 6.07) is 1.61. The molecule has 0 fully saturated rings. The molecule has 0 atom stereocenters. The lowest BCUT2D eigenvalue weighted by Gasteiger charge is -1.95. The molecule has 0 saturated heterocycles. The average Bonchev–Trinajstić information content (AvgIpc) is 2.36. The average molecular weight is 208 g/mol. The molecule has 1 rings (SSSR count). The molecule has 0 radical (unpaired) electrons. The molecule has 0 aliphatic carbocycles. The zero-order valence-corrected chi connectivity index (χ0v) is 8.21. The number of anilines is 1. The highest BCUT2D eigenvalue weighted by Gasteiger charge is 2.07. The van der Waals surface area contributed by atoms with Gasteiger partial charge in [0.15, 0.2) is 0 Å². The van der Waals surface area contributed by atoms with Gasteiger partial charge in [-0.3, -0.25) is 0 Å². The second-order valence-electron chi connectivity index (χ2n) is 1.96. The number of carbonyl (C=O) groups is 1. The Morgan fingerprint density at radius 2 is 2.42 bits per heavy atom. The number of rotatable bonds is 2. The lowest BCUT2D eigenvalue weighted by atomic mass is 10.4. The van der Waals surface area contributed by atoms with Gasteiger partial charge in [0.2, 0.25) is 0 Å². The standard InChI is InChI=1S/C7H9NO2S.ClH/c1-2-10-7(9)6-3-5(8)4-11-6;/h3-4H,2,8H2,1H3;1H. The Balaban J connectivity index is 0.00000121. The minimum atomic E-state index is -0.297. The molecular formula is C7H10ClNO2S. The topological polar surface area (TPSA) is 52.3 Å². The van der Waals surface area contributed by atoms with Crippen LogP contribution in [-0.4, -0.2) is 12.6 Å². The van der Waals surface area contributed by atoms with Gasteiger partial charge in [-0.05, 0) is 13.0 Å². The van der Waals surface area contributed by atoms with Crippen molar-refractivity contribution < 1.29 is 9.53 Å². The van der Waals surface area contributed by atoms with Crippen molar-refractivity contribution in [3.8, 4) is 0 Å². The Labute approximate surface area is 80.9 Å². The molecule has 2 N–H and O–H groups in total. The van der Waals surface area contributed by atoms with Crippen LogP contribution in [0.5, 0.6) is 0 Å². The molecule has 12 heavy (non-hydrogen) atoms. The number of nitrogens with two attached hydrogens (primary N) is 1. The molecule has 1 aromatic rings. The van der Waals surface area contributed by atoms with E-state index in [-0.39, 0.29) is 18.4 Å². The smallest absolute Gasteiger partial charge is 0.348 e. The molecule has 0 bridgehead atoms. The maximum Gasteiger partial charge on any atom is 0.348 e. The first kappa shape index (κ1) is 11.3. The third-order valence-corrected chi connectivity index (χ3v) is 2.02. The van der Waals surface area contributed by atoms with Crippen LogP contribution in [0.25, 0.3) is 0 Å². The number of ether oxygens (including phenoxy) is 1. The first-order valence-corrected chi connectivity index (χ1v) is 4.13. The van der Waals surface area contributed by atoms with E-state index >= 15 is 0 Å². The molecule has 0 aromatic carbocycles. The molecular weight excluding hydrogens is 198 g/mol. The van der Waals surface area contributed by atoms with E-state index in [0.717, 1.165) is 0 Å². The molecule has 3 nitrogen and oxygen atoms in total. The number of nitrogen functional groups attached to an aromatic ring is 1. The zero-order chi connectivity index (χ0) is 8.27. The van der Waals surface area contributed by atoms with E-state index in [2.05, 4.69) is 0 Å². The van der Waals surface area contributed by atoms with Gasteiger partial charge in [-0.15, -0.1) is 23.7 Å². The van der Waals surface area contributed by atoms with E-state index < -0.39 is 0 Å². The van der Waals surface area contributed by atoms with Crippen molar-refractivity contribution in [3.05, 3.63) is 16.3 Å². The molecule has 0 unspecified atom stereocenters. The van der Waals surface area contributed by atoms with E-state index in [0.29, 0.717) is 17.2 Å². The molecule has 68 valence electrons. The van der Waals surface area contributed by atoms with E-state index in [1.807, 2.05) is 0 Å². The van der Waals surface area contributed by atoms with Gasteiger partial charge in [-0.2, -0.15) is 0 Å². The summed E-state index contributed by atoms with van der Waals surface area (Å²) in [7, 11) is 0. The van der Waals surface area contributed by atoms with Crippen LogP contribution in [-0.2, 0) is 4.74 Å². The van der Waals surface area contributed by atoms with Crippen molar-refractivity contribution in [1.82, 2.24) is 0 Å². The predicted octanol–water partition coefficient (Wildman–Crippen LogP) is 1.93. The highest BCUT2D eigenvalue weighted by atomic mass is 35.5. The van der Waals surface area contributed by atoms with Crippen molar-refractivity contribution in [1.29, 1.82) is 0 Å². The number of carbonyl (C=O) groups excluding carboxylic acids is 1. The zero-order valence-electron chi connectivity index (χ0n) is 6.57. The highest BCUT2D eigenvalue weighted by Crippen LogP contribution is 2.16. The lowest BCUT2D eigenvalue weighted by molar-refractivity contribution is 0.0532. The van der Waals surface area contributed by atoms with Gasteiger partial charge in [-0.25, -0.2) is 4.79 Å². The largest absolute Gasteiger partial charge is 0.462 e. The fourth-order valence-corrected chi connectivity index (χ4v) is 1.35. The maximum atomic E-state index is 11.0. The van der Waals surface area contributed by atoms with Gasteiger partial charge in [-0.1, -0.05) is 0 Å². The van der Waals surface area contributed by atoms with Crippen LogP contribution in [0.1, 0.15) is 16.6 Å². The van der Waals surface area contributed by atoms with Gasteiger partial charge in [0.25, 0.3) is 0 Å². The van der Waals surface area contributed by atoms with Gasteiger partial charge in [0.05, 0.1) is 6.61 Å². The van der Waals surface area contributed by atoms with Gasteiger partial charge in [0.1, 0.15) is 4.88 Å². The molecule has 1 aromatic heterocycles. The number of hydrogen-bond donors (Lipinski definition) is 1. The van der Waals surface area contributed by atoms with Gasteiger partial charge < -0.3 is 10.5 Å². The minimum Gasteiger partial charge on any atom is -0.462 e. The number of thiophene rings is 1. The summed E-state index contributed by atoms with van der Waals surface area (Å²) in [5, 5.41) is 1.71. The third-order valence-electron chi connectivity index (χ3n) is 1.10. The normalized spacial score (nSPS) is 8.75. The maximum absolute atomic E-state index is 11.0. The summed E-state index contributed by atoms with van der Waals surface area (Å²) in [5.74, 6) is -0.297. The van der Waals surface area contributed by atoms with Crippen LogP contribution >= 0.6 is 23.7 Å². The summed E-state index contributed by atoms with van der Waals surface area (Å²) in [4.78, 5) is 11.6. The fraction of sp³-hybridized carbons (Fsp3) is 0.286. The Morgan fingerprint density at radius 1 is 1.75 bits per heavy atom. The summed E-state index contributed by atoms with van der Waals surface area (Å²) in [6.45, 7) is 2.17. The van der Waals surface area contributed by atoms with Gasteiger partial charge in [0, 0.05) is 11.1 Å². The SMILES string of the molecule is CCOC(=O)c1cc(N)cs1.Cl. The van der Waals surface area contributed by atoms with Crippen molar-refractivity contribution in [2.45, 2.75) is 6.92 Å². The van der Waals surface area contributed by atoms with Crippen LogP contribution < -0.4 is 5.73 Å². The molecule has 0 aliphatic heterocycles. The molecule has 0 amide bonds. The molecule has 0 saturated carbocycles. The Kier molecular flexibility index (Phi) is 4.70. The van der Waals surface area contributed by atoms with E-state index in [1.165, 1.54) is 11.3 Å². The first-order chi connectivity index (χ1) is 5.24. The number of halogens is 1. The monoisotopic (exact) mass is 207 g/mol. The van der Waals surface area contributed by atoms with Crippen LogP contribution in [0.4, 0.5) is 5.69 Å². The Hall–Kier alpha value is -0.740. The quantitative estimate of drug-likeness (QED) is 0.754. The van der Waals surface area contributed by atoms with Crippen LogP contribution in [0.2, 0.25) is 0 Å². The van der Waals surface area contributed by atoms with E-state index in [9.17, 15) is 4.79 Å². The van der Waals surface area contributed by atoms with Crippen molar-refractivity contribution in [3.63, 3.8) is 0 Å². The molecule has 5 heteroatoms. The summed E-state index contributed by atoms with van der Waals surface area (Å²) in [6.07, 6.45) is 0. The van der Waals surface area contributed by atoms with Crippen molar-refractivity contribution in [2.75, 3.05) is 12.3 Å². The summed E-state index contributed by atoms with van der Waals surface area (Å²) in [5.41, 5.74) is 6.02. The Bertz CT molecular complexity index is 262. The molecule has 1 heterocycles. The lowest BCUT2D eigenvalue weighted by Crippen LogP contribution is -2.01. The molecule has 0 aliphatic rings. The number of hydrogen-bond acceptors (Lipinski definition) is 4. The van der Waals surface area contributed by atoms with Crippen LogP contribution in [0.15, 0.2) is 11.4 Å². The van der Waals surface area contributed by atoms with E-state index in [1.54, 1.807) is 18.4 Å². The van der Waals surface area contributed by atoms with E-state index in [4.69, 9.17) is 10.5 Å². The predicted molar refractivity (Wildman–Crippen MR) is 51.9 cm³/mol. The fourth-order valence-electron chi connectivity index (χ4n) is 0.660. The molecule has 0 spiro atoms. The second kappa shape index (κ2) is 5.00. The third kappa shape index (κ3) is 2.71. The summed E-state index contributed by atoms with van der Waals surface area (Å²) >= 11 is 1.30. The van der Waals surface area contributed by atoms with Crippen molar-refractivity contribution >= 4 is 35.4 Å². The highest BCUT2D eigenvalue weighted by molar-refractivity contribution is 7.12.